The summed E-state index contributed by atoms with van der Waals surface area (Å²) in [5.41, 5.74) is 2.03. The lowest BCUT2D eigenvalue weighted by atomic mass is 10.2. The molecule has 4 aromatic rings. The molecule has 0 aliphatic heterocycles. The number of fused-ring (bicyclic) bond motifs is 2. The van der Waals surface area contributed by atoms with E-state index >= 15 is 0 Å². The number of benzene rings is 2. The first-order chi connectivity index (χ1) is 14.2. The molecule has 4 N–H and O–H groups in total. The minimum Gasteiger partial charge on any atom is -0.386 e. The second-order valence-corrected chi connectivity index (χ2v) is 7.91. The molecular formula is C22H25N5OS. The molecule has 4 rings (SSSR count). The number of para-hydroxylation sites is 2. The van der Waals surface area contributed by atoms with Crippen molar-refractivity contribution in [2.24, 2.45) is 4.99 Å². The van der Waals surface area contributed by atoms with Crippen LogP contribution in [0, 0.1) is 0 Å². The van der Waals surface area contributed by atoms with Gasteiger partial charge in [-0.3, -0.25) is 4.99 Å². The minimum atomic E-state index is -0.613. The molecule has 6 nitrogen and oxygen atoms in total. The van der Waals surface area contributed by atoms with Crippen molar-refractivity contribution >= 4 is 38.4 Å². The Morgan fingerprint density at radius 2 is 2.00 bits per heavy atom. The van der Waals surface area contributed by atoms with Crippen molar-refractivity contribution in [3.63, 3.8) is 0 Å². The molecule has 150 valence electrons. The van der Waals surface area contributed by atoms with Gasteiger partial charge < -0.3 is 20.7 Å². The highest BCUT2D eigenvalue weighted by atomic mass is 32.1. The van der Waals surface area contributed by atoms with Gasteiger partial charge in [0.2, 0.25) is 0 Å². The molecule has 2 aromatic carbocycles. The van der Waals surface area contributed by atoms with Crippen LogP contribution < -0.4 is 10.6 Å². The van der Waals surface area contributed by atoms with Gasteiger partial charge >= 0.3 is 0 Å². The van der Waals surface area contributed by atoms with Crippen LogP contribution >= 0.6 is 11.3 Å². The molecule has 2 aromatic heterocycles. The molecule has 0 aliphatic rings. The number of nitrogens with one attached hydrogen (secondary N) is 3. The number of H-pyrrole nitrogens is 1. The van der Waals surface area contributed by atoms with E-state index in [4.69, 9.17) is 0 Å². The van der Waals surface area contributed by atoms with Gasteiger partial charge in [-0.2, -0.15) is 0 Å². The number of aliphatic hydroxyl groups is 1. The Balaban J connectivity index is 1.35. The van der Waals surface area contributed by atoms with E-state index < -0.39 is 6.10 Å². The van der Waals surface area contributed by atoms with E-state index in [2.05, 4.69) is 37.7 Å². The molecule has 0 bridgehead atoms. The predicted molar refractivity (Wildman–Crippen MR) is 121 cm³/mol. The standard InChI is InChI=1S/C22H25N5OS/c1-2-23-22(24-12-11-21-26-16-8-4-5-9-17(16)27-21)25-14-18(28)20-13-15-7-3-6-10-19(15)29-20/h3-10,13,18,28H,2,11-12,14H2,1H3,(H,26,27)(H2,23,24,25). The molecule has 29 heavy (non-hydrogen) atoms. The third kappa shape index (κ3) is 4.75. The number of aliphatic imine (C=N–C) groups is 1. The normalized spacial score (nSPS) is 13.1. The first kappa shape index (κ1) is 19.4. The largest absolute Gasteiger partial charge is 0.386 e. The van der Waals surface area contributed by atoms with Crippen molar-refractivity contribution in [2.75, 3.05) is 19.6 Å². The smallest absolute Gasteiger partial charge is 0.191 e. The van der Waals surface area contributed by atoms with Gasteiger partial charge in [0.15, 0.2) is 5.96 Å². The van der Waals surface area contributed by atoms with Gasteiger partial charge in [-0.1, -0.05) is 30.3 Å². The maximum absolute atomic E-state index is 10.6. The molecule has 0 aliphatic carbocycles. The fourth-order valence-corrected chi connectivity index (χ4v) is 4.24. The number of hydrogen-bond donors (Lipinski definition) is 4. The first-order valence-corrected chi connectivity index (χ1v) is 10.7. The Hall–Kier alpha value is -2.90. The number of thiophene rings is 1. The van der Waals surface area contributed by atoms with Crippen LogP contribution in [0.4, 0.5) is 0 Å². The number of rotatable bonds is 7. The summed E-state index contributed by atoms with van der Waals surface area (Å²) >= 11 is 1.62. The highest BCUT2D eigenvalue weighted by molar-refractivity contribution is 7.19. The van der Waals surface area contributed by atoms with Crippen LogP contribution in [0.25, 0.3) is 21.1 Å². The van der Waals surface area contributed by atoms with Crippen LogP contribution in [0.3, 0.4) is 0 Å². The molecule has 1 unspecified atom stereocenters. The molecule has 0 amide bonds. The van der Waals surface area contributed by atoms with Crippen LogP contribution in [0.1, 0.15) is 23.7 Å². The summed E-state index contributed by atoms with van der Waals surface area (Å²) < 4.78 is 1.18. The molecule has 0 radical (unpaired) electrons. The third-order valence-corrected chi connectivity index (χ3v) is 5.85. The number of nitrogens with zero attached hydrogens (tertiary/aromatic N) is 2. The van der Waals surface area contributed by atoms with Crippen LogP contribution in [0.2, 0.25) is 0 Å². The fourth-order valence-electron chi connectivity index (χ4n) is 3.20. The average molecular weight is 408 g/mol. The molecule has 2 heterocycles. The molecule has 0 fully saturated rings. The number of aromatic nitrogens is 2. The third-order valence-electron chi connectivity index (χ3n) is 4.63. The molecule has 1 atom stereocenters. The molecule has 0 saturated heterocycles. The Morgan fingerprint density at radius 3 is 2.83 bits per heavy atom. The molecule has 7 heteroatoms. The topological polar surface area (TPSA) is 85.3 Å². The van der Waals surface area contributed by atoms with Gasteiger partial charge in [0.1, 0.15) is 11.9 Å². The van der Waals surface area contributed by atoms with Crippen molar-refractivity contribution in [1.29, 1.82) is 0 Å². The summed E-state index contributed by atoms with van der Waals surface area (Å²) in [5, 5.41) is 18.3. The van der Waals surface area contributed by atoms with Crippen LogP contribution in [0.5, 0.6) is 0 Å². The van der Waals surface area contributed by atoms with Crippen molar-refractivity contribution < 1.29 is 5.11 Å². The van der Waals surface area contributed by atoms with E-state index in [1.54, 1.807) is 11.3 Å². The number of aromatic amines is 1. The molecule has 0 spiro atoms. The lowest BCUT2D eigenvalue weighted by Crippen LogP contribution is -2.38. The van der Waals surface area contributed by atoms with E-state index in [0.717, 1.165) is 40.1 Å². The van der Waals surface area contributed by atoms with Crippen molar-refractivity contribution in [2.45, 2.75) is 19.4 Å². The summed E-state index contributed by atoms with van der Waals surface area (Å²) in [7, 11) is 0. The zero-order chi connectivity index (χ0) is 20.1. The van der Waals surface area contributed by atoms with Crippen LogP contribution in [-0.4, -0.2) is 40.7 Å². The van der Waals surface area contributed by atoms with Crippen molar-refractivity contribution in [1.82, 2.24) is 20.6 Å². The van der Waals surface area contributed by atoms with Gasteiger partial charge in [0.25, 0.3) is 0 Å². The first-order valence-electron chi connectivity index (χ1n) is 9.85. The number of hydrogen-bond acceptors (Lipinski definition) is 4. The zero-order valence-electron chi connectivity index (χ0n) is 16.4. The van der Waals surface area contributed by atoms with Crippen molar-refractivity contribution in [3.05, 3.63) is 65.3 Å². The molecule has 0 saturated carbocycles. The summed E-state index contributed by atoms with van der Waals surface area (Å²) in [6, 6.07) is 18.2. The summed E-state index contributed by atoms with van der Waals surface area (Å²) in [5.74, 6) is 1.64. The van der Waals surface area contributed by atoms with Gasteiger partial charge in [0.05, 0.1) is 17.6 Å². The Kier molecular flexibility index (Phi) is 6.07. The summed E-state index contributed by atoms with van der Waals surface area (Å²) in [6.07, 6.45) is 0.149. The monoisotopic (exact) mass is 407 g/mol. The fraction of sp³-hybridized carbons (Fsp3) is 0.273. The maximum Gasteiger partial charge on any atom is 0.191 e. The highest BCUT2D eigenvalue weighted by Gasteiger charge is 2.11. The maximum atomic E-state index is 10.6. The highest BCUT2D eigenvalue weighted by Crippen LogP contribution is 2.29. The number of aliphatic hydroxyl groups excluding tert-OH is 1. The Morgan fingerprint density at radius 1 is 1.17 bits per heavy atom. The SMILES string of the molecule is CCNC(=NCC(O)c1cc2ccccc2s1)NCCc1nc2ccccc2[nH]1. The van der Waals surface area contributed by atoms with Gasteiger partial charge in [0, 0.05) is 29.1 Å². The van der Waals surface area contributed by atoms with Gasteiger partial charge in [-0.05, 0) is 36.6 Å². The van der Waals surface area contributed by atoms with E-state index in [1.807, 2.05) is 49.4 Å². The van der Waals surface area contributed by atoms with E-state index in [0.29, 0.717) is 19.0 Å². The summed E-state index contributed by atoms with van der Waals surface area (Å²) in [4.78, 5) is 13.4. The summed E-state index contributed by atoms with van der Waals surface area (Å²) in [6.45, 7) is 3.80. The van der Waals surface area contributed by atoms with Crippen molar-refractivity contribution in [3.8, 4) is 0 Å². The van der Waals surface area contributed by atoms with E-state index in [-0.39, 0.29) is 0 Å². The number of guanidine groups is 1. The van der Waals surface area contributed by atoms with Crippen LogP contribution in [-0.2, 0) is 6.42 Å². The Bertz CT molecular complexity index is 1050. The van der Waals surface area contributed by atoms with E-state index in [9.17, 15) is 5.11 Å². The zero-order valence-corrected chi connectivity index (χ0v) is 17.2. The van der Waals surface area contributed by atoms with E-state index in [1.165, 1.54) is 4.70 Å². The minimum absolute atomic E-state index is 0.312. The Labute approximate surface area is 173 Å². The quantitative estimate of drug-likeness (QED) is 0.278. The number of imidazole rings is 1. The lowest BCUT2D eigenvalue weighted by molar-refractivity contribution is 0.191. The second kappa shape index (κ2) is 9.07. The predicted octanol–water partition coefficient (Wildman–Crippen LogP) is 3.61. The van der Waals surface area contributed by atoms with Gasteiger partial charge in [-0.15, -0.1) is 11.3 Å². The van der Waals surface area contributed by atoms with Gasteiger partial charge in [-0.25, -0.2) is 4.98 Å². The van der Waals surface area contributed by atoms with Crippen LogP contribution in [0.15, 0.2) is 59.6 Å². The average Bonchev–Trinajstić information content (AvgIpc) is 3.35. The molecular weight excluding hydrogens is 382 g/mol. The second-order valence-electron chi connectivity index (χ2n) is 6.80. The lowest BCUT2D eigenvalue weighted by Gasteiger charge is -2.12.